The molecule has 2 rings (SSSR count). The van der Waals surface area contributed by atoms with Crippen LogP contribution in [0.15, 0.2) is 36.4 Å². The molecule has 0 aromatic heterocycles. The van der Waals surface area contributed by atoms with E-state index in [1.165, 1.54) is 10.5 Å². The minimum atomic E-state index is -0.140. The quantitative estimate of drug-likeness (QED) is 0.796. The minimum Gasteiger partial charge on any atom is -0.369 e. The highest BCUT2D eigenvalue weighted by atomic mass is 16.1. The molecule has 1 unspecified atom stereocenters. The van der Waals surface area contributed by atoms with Gasteiger partial charge in [0.25, 0.3) is 0 Å². The number of hydrogen-bond acceptors (Lipinski definition) is 1. The first-order valence-corrected chi connectivity index (χ1v) is 6.60. The molecule has 18 heavy (non-hydrogen) atoms. The number of benzene rings is 1. The highest BCUT2D eigenvalue weighted by Crippen LogP contribution is 2.06. The fraction of sp³-hybridized carbons (Fsp3) is 0.400. The van der Waals surface area contributed by atoms with Crippen molar-refractivity contribution in [1.82, 2.24) is 0 Å². The number of carbonyl (C=O) groups excluding carboxylic acids is 1. The van der Waals surface area contributed by atoms with Crippen LogP contribution in [0.2, 0.25) is 0 Å². The van der Waals surface area contributed by atoms with Crippen molar-refractivity contribution in [3.8, 4) is 0 Å². The van der Waals surface area contributed by atoms with Crippen molar-refractivity contribution in [2.75, 3.05) is 19.6 Å². The van der Waals surface area contributed by atoms with Gasteiger partial charge in [-0.1, -0.05) is 36.4 Å². The molecule has 1 fully saturated rings. The Labute approximate surface area is 108 Å². The Morgan fingerprint density at radius 1 is 1.39 bits per heavy atom. The van der Waals surface area contributed by atoms with Crippen LogP contribution in [0.4, 0.5) is 0 Å². The van der Waals surface area contributed by atoms with Gasteiger partial charge in [-0.2, -0.15) is 0 Å². The molecule has 0 bridgehead atoms. The van der Waals surface area contributed by atoms with Crippen LogP contribution in [0, 0.1) is 5.92 Å². The second kappa shape index (κ2) is 6.36. The van der Waals surface area contributed by atoms with Gasteiger partial charge >= 0.3 is 0 Å². The number of rotatable bonds is 4. The van der Waals surface area contributed by atoms with Crippen LogP contribution in [0.25, 0.3) is 6.08 Å². The van der Waals surface area contributed by atoms with Crippen molar-refractivity contribution in [2.24, 2.45) is 11.7 Å². The van der Waals surface area contributed by atoms with E-state index < -0.39 is 0 Å². The zero-order valence-electron chi connectivity index (χ0n) is 10.6. The van der Waals surface area contributed by atoms with E-state index in [4.69, 9.17) is 5.73 Å². The Kier molecular flexibility index (Phi) is 4.53. The van der Waals surface area contributed by atoms with Crippen LogP contribution in [0.5, 0.6) is 0 Å². The van der Waals surface area contributed by atoms with Crippen LogP contribution in [-0.4, -0.2) is 25.5 Å². The fourth-order valence-electron chi connectivity index (χ4n) is 2.51. The molecular formula is C15H21N2O+. The molecule has 1 heterocycles. The monoisotopic (exact) mass is 245 g/mol. The lowest BCUT2D eigenvalue weighted by atomic mass is 9.97. The zero-order chi connectivity index (χ0) is 12.8. The van der Waals surface area contributed by atoms with Gasteiger partial charge in [-0.15, -0.1) is 0 Å². The van der Waals surface area contributed by atoms with Crippen LogP contribution in [-0.2, 0) is 4.79 Å². The van der Waals surface area contributed by atoms with E-state index in [0.29, 0.717) is 0 Å². The molecule has 1 aromatic rings. The average molecular weight is 245 g/mol. The zero-order valence-corrected chi connectivity index (χ0v) is 10.6. The fourth-order valence-corrected chi connectivity index (χ4v) is 2.51. The Morgan fingerprint density at radius 3 is 2.89 bits per heavy atom. The third-order valence-corrected chi connectivity index (χ3v) is 3.54. The summed E-state index contributed by atoms with van der Waals surface area (Å²) in [7, 11) is 0. The van der Waals surface area contributed by atoms with Gasteiger partial charge < -0.3 is 10.6 Å². The molecule has 0 aliphatic carbocycles. The lowest BCUT2D eigenvalue weighted by Gasteiger charge is -2.27. The van der Waals surface area contributed by atoms with Crippen molar-refractivity contribution in [1.29, 1.82) is 0 Å². The van der Waals surface area contributed by atoms with Gasteiger partial charge in [0.05, 0.1) is 25.6 Å². The molecule has 2 atom stereocenters. The Morgan fingerprint density at radius 2 is 2.17 bits per heavy atom. The second-order valence-corrected chi connectivity index (χ2v) is 4.96. The first kappa shape index (κ1) is 12.8. The number of carbonyl (C=O) groups is 1. The van der Waals surface area contributed by atoms with Crippen molar-refractivity contribution < 1.29 is 9.69 Å². The standard InChI is InChI=1S/C15H20N2O/c16-15(18)14-9-5-11-17(12-14)10-4-8-13-6-2-1-3-7-13/h1-4,6-8,14H,5,9-12H2,(H2,16,18)/p+1/t14-/m0/s1. The van der Waals surface area contributed by atoms with Crippen LogP contribution < -0.4 is 10.6 Å². The van der Waals surface area contributed by atoms with E-state index in [1.54, 1.807) is 0 Å². The van der Waals surface area contributed by atoms with Crippen molar-refractivity contribution in [3.05, 3.63) is 42.0 Å². The van der Waals surface area contributed by atoms with E-state index in [2.05, 4.69) is 24.3 Å². The maximum atomic E-state index is 11.2. The van der Waals surface area contributed by atoms with Gasteiger partial charge in [0, 0.05) is 0 Å². The van der Waals surface area contributed by atoms with Crippen LogP contribution in [0.3, 0.4) is 0 Å². The SMILES string of the molecule is NC(=O)[C@H]1CCC[NH+](CC=Cc2ccccc2)C1. The summed E-state index contributed by atoms with van der Waals surface area (Å²) >= 11 is 0. The maximum Gasteiger partial charge on any atom is 0.226 e. The van der Waals surface area contributed by atoms with Gasteiger partial charge in [0.1, 0.15) is 0 Å². The highest BCUT2D eigenvalue weighted by molar-refractivity contribution is 5.76. The molecule has 0 saturated carbocycles. The normalized spacial score (nSPS) is 24.2. The van der Waals surface area contributed by atoms with E-state index in [9.17, 15) is 4.79 Å². The summed E-state index contributed by atoms with van der Waals surface area (Å²) in [6.45, 7) is 3.00. The number of amides is 1. The Hall–Kier alpha value is -1.61. The van der Waals surface area contributed by atoms with Gasteiger partial charge in [-0.05, 0) is 24.5 Å². The molecule has 3 nitrogen and oxygen atoms in total. The molecule has 0 radical (unpaired) electrons. The van der Waals surface area contributed by atoms with Crippen molar-refractivity contribution in [2.45, 2.75) is 12.8 Å². The topological polar surface area (TPSA) is 47.5 Å². The largest absolute Gasteiger partial charge is 0.369 e. The molecule has 1 amide bonds. The molecule has 0 spiro atoms. The Bertz CT molecular complexity index is 414. The molecule has 96 valence electrons. The summed E-state index contributed by atoms with van der Waals surface area (Å²) in [6, 6.07) is 10.3. The van der Waals surface area contributed by atoms with Crippen molar-refractivity contribution in [3.63, 3.8) is 0 Å². The smallest absolute Gasteiger partial charge is 0.226 e. The predicted molar refractivity (Wildman–Crippen MR) is 73.0 cm³/mol. The Balaban J connectivity index is 1.83. The summed E-state index contributed by atoms with van der Waals surface area (Å²) in [5.41, 5.74) is 6.60. The van der Waals surface area contributed by atoms with Gasteiger partial charge in [0.2, 0.25) is 5.91 Å². The van der Waals surface area contributed by atoms with Gasteiger partial charge in [-0.25, -0.2) is 0 Å². The van der Waals surface area contributed by atoms with Crippen LogP contribution in [0.1, 0.15) is 18.4 Å². The maximum absolute atomic E-state index is 11.2. The van der Waals surface area contributed by atoms with Crippen molar-refractivity contribution >= 4 is 12.0 Å². The number of nitrogens with one attached hydrogen (secondary N) is 1. The van der Waals surface area contributed by atoms with E-state index >= 15 is 0 Å². The molecule has 3 heteroatoms. The van der Waals surface area contributed by atoms with Gasteiger partial charge in [0.15, 0.2) is 0 Å². The number of hydrogen-bond donors (Lipinski definition) is 2. The number of primary amides is 1. The molecule has 1 aliphatic rings. The number of likely N-dealkylation sites (tertiary alicyclic amines) is 1. The van der Waals surface area contributed by atoms with E-state index in [0.717, 1.165) is 32.5 Å². The summed E-state index contributed by atoms with van der Waals surface area (Å²) in [6.07, 6.45) is 6.39. The third-order valence-electron chi connectivity index (χ3n) is 3.54. The average Bonchev–Trinajstić information content (AvgIpc) is 2.40. The lowest BCUT2D eigenvalue weighted by Crippen LogP contribution is -3.13. The second-order valence-electron chi connectivity index (χ2n) is 4.96. The number of nitrogens with two attached hydrogens (primary N) is 1. The summed E-state index contributed by atoms with van der Waals surface area (Å²) < 4.78 is 0. The summed E-state index contributed by atoms with van der Waals surface area (Å²) in [4.78, 5) is 12.6. The molecule has 1 aromatic carbocycles. The molecule has 1 aliphatic heterocycles. The molecule has 3 N–H and O–H groups in total. The minimum absolute atomic E-state index is 0.0684. The molecule has 1 saturated heterocycles. The van der Waals surface area contributed by atoms with Gasteiger partial charge in [-0.3, -0.25) is 4.79 Å². The molecular weight excluding hydrogens is 224 g/mol. The van der Waals surface area contributed by atoms with E-state index in [-0.39, 0.29) is 11.8 Å². The number of quaternary nitrogens is 1. The van der Waals surface area contributed by atoms with E-state index in [1.807, 2.05) is 18.2 Å². The first-order chi connectivity index (χ1) is 8.75. The third kappa shape index (κ3) is 3.70. The highest BCUT2D eigenvalue weighted by Gasteiger charge is 2.25. The first-order valence-electron chi connectivity index (χ1n) is 6.60. The lowest BCUT2D eigenvalue weighted by molar-refractivity contribution is -0.901. The number of piperidine rings is 1. The summed E-state index contributed by atoms with van der Waals surface area (Å²) in [5.74, 6) is -0.0712. The predicted octanol–water partition coefficient (Wildman–Crippen LogP) is 0.480. The van der Waals surface area contributed by atoms with Crippen LogP contribution >= 0.6 is 0 Å². The summed E-state index contributed by atoms with van der Waals surface area (Å²) in [5, 5.41) is 0.